The minimum Gasteiger partial charge on any atom is -0.369 e. The molecule has 1 aliphatic carbocycles. The highest BCUT2D eigenvalue weighted by molar-refractivity contribution is 6.00. The second kappa shape index (κ2) is 10.8. The van der Waals surface area contributed by atoms with E-state index in [4.69, 9.17) is 0 Å². The van der Waals surface area contributed by atoms with E-state index in [0.29, 0.717) is 19.5 Å². The van der Waals surface area contributed by atoms with Crippen molar-refractivity contribution in [3.8, 4) is 0 Å². The van der Waals surface area contributed by atoms with Gasteiger partial charge in [-0.2, -0.15) is 0 Å². The number of aryl methyl sites for hydroxylation is 3. The summed E-state index contributed by atoms with van der Waals surface area (Å²) in [5, 5.41) is 3.09. The summed E-state index contributed by atoms with van der Waals surface area (Å²) in [6.07, 6.45) is 5.79. The fraction of sp³-hybridized carbons (Fsp3) is 0.517. The van der Waals surface area contributed by atoms with E-state index in [9.17, 15) is 9.59 Å². The van der Waals surface area contributed by atoms with Gasteiger partial charge in [-0.15, -0.1) is 0 Å². The monoisotopic (exact) mass is 474 g/mol. The Morgan fingerprint density at radius 3 is 2.63 bits per heavy atom. The molecule has 0 aromatic heterocycles. The lowest BCUT2D eigenvalue weighted by atomic mass is 10.1. The Bertz CT molecular complexity index is 1060. The molecule has 35 heavy (non-hydrogen) atoms. The van der Waals surface area contributed by atoms with Gasteiger partial charge in [0.2, 0.25) is 11.8 Å². The number of carbonyl (C=O) groups excluding carboxylic acids is 2. The SMILES string of the molecule is Cc1cccc(N2CCN(CCCCNC(=O)C3CC(=O)N(c4ccc5c(c4)CCC5)C3)CC2)c1. The lowest BCUT2D eigenvalue weighted by Crippen LogP contribution is -2.46. The smallest absolute Gasteiger partial charge is 0.227 e. The molecule has 0 saturated carbocycles. The summed E-state index contributed by atoms with van der Waals surface area (Å²) in [5.41, 5.74) is 6.36. The number of hydrogen-bond donors (Lipinski definition) is 1. The van der Waals surface area contributed by atoms with Crippen molar-refractivity contribution in [2.45, 2.75) is 45.4 Å². The number of rotatable bonds is 8. The molecule has 1 N–H and O–H groups in total. The van der Waals surface area contributed by atoms with E-state index in [1.54, 1.807) is 4.90 Å². The van der Waals surface area contributed by atoms with Crippen LogP contribution in [0.4, 0.5) is 11.4 Å². The van der Waals surface area contributed by atoms with Crippen molar-refractivity contribution in [1.29, 1.82) is 0 Å². The van der Waals surface area contributed by atoms with Crippen LogP contribution in [0.3, 0.4) is 0 Å². The Morgan fingerprint density at radius 2 is 1.80 bits per heavy atom. The lowest BCUT2D eigenvalue weighted by Gasteiger charge is -2.36. The standard InChI is InChI=1S/C29H38N4O2/c1-22-6-4-9-26(18-22)32-16-14-31(15-17-32)13-3-2-12-30-29(35)25-20-28(34)33(21-25)27-11-10-23-7-5-8-24(23)19-27/h4,6,9-11,18-19,25H,2-3,5,7-8,12-17,20-21H2,1H3,(H,30,35). The zero-order chi connectivity index (χ0) is 24.2. The maximum atomic E-state index is 12.7. The first-order valence-electron chi connectivity index (χ1n) is 13.3. The Kier molecular flexibility index (Phi) is 7.37. The minimum atomic E-state index is -0.245. The quantitative estimate of drug-likeness (QED) is 0.595. The summed E-state index contributed by atoms with van der Waals surface area (Å²) in [6.45, 7) is 8.71. The first-order valence-corrected chi connectivity index (χ1v) is 13.3. The van der Waals surface area contributed by atoms with Crippen molar-refractivity contribution < 1.29 is 9.59 Å². The largest absolute Gasteiger partial charge is 0.369 e. The summed E-state index contributed by atoms with van der Waals surface area (Å²) < 4.78 is 0. The van der Waals surface area contributed by atoms with Gasteiger partial charge in [0.15, 0.2) is 0 Å². The predicted octanol–water partition coefficient (Wildman–Crippen LogP) is 3.56. The average molecular weight is 475 g/mol. The summed E-state index contributed by atoms with van der Waals surface area (Å²) in [7, 11) is 0. The van der Waals surface area contributed by atoms with E-state index in [1.807, 2.05) is 6.07 Å². The van der Waals surface area contributed by atoms with Crippen LogP contribution < -0.4 is 15.1 Å². The third-order valence-electron chi connectivity index (χ3n) is 7.83. The summed E-state index contributed by atoms with van der Waals surface area (Å²) >= 11 is 0. The fourth-order valence-electron chi connectivity index (χ4n) is 5.73. The molecule has 186 valence electrons. The van der Waals surface area contributed by atoms with Crippen molar-refractivity contribution >= 4 is 23.2 Å². The molecule has 6 heteroatoms. The van der Waals surface area contributed by atoms with Gasteiger partial charge < -0.3 is 15.1 Å². The molecule has 2 fully saturated rings. The highest BCUT2D eigenvalue weighted by atomic mass is 16.2. The molecule has 6 nitrogen and oxygen atoms in total. The van der Waals surface area contributed by atoms with Gasteiger partial charge in [-0.1, -0.05) is 18.2 Å². The van der Waals surface area contributed by atoms with Crippen LogP contribution >= 0.6 is 0 Å². The zero-order valence-corrected chi connectivity index (χ0v) is 21.0. The number of carbonyl (C=O) groups is 2. The van der Waals surface area contributed by atoms with Gasteiger partial charge >= 0.3 is 0 Å². The fourth-order valence-corrected chi connectivity index (χ4v) is 5.73. The van der Waals surface area contributed by atoms with Gasteiger partial charge in [0.25, 0.3) is 0 Å². The molecule has 2 saturated heterocycles. The van der Waals surface area contributed by atoms with E-state index < -0.39 is 0 Å². The van der Waals surface area contributed by atoms with Gasteiger partial charge in [0.1, 0.15) is 0 Å². The molecular weight excluding hydrogens is 436 g/mol. The summed E-state index contributed by atoms with van der Waals surface area (Å²) in [5.74, 6) is -0.160. The molecule has 1 atom stereocenters. The second-order valence-electron chi connectivity index (χ2n) is 10.4. The van der Waals surface area contributed by atoms with Crippen molar-refractivity contribution in [2.24, 2.45) is 5.92 Å². The van der Waals surface area contributed by atoms with Crippen LogP contribution in [-0.2, 0) is 22.4 Å². The molecule has 0 spiro atoms. The van der Waals surface area contributed by atoms with Gasteiger partial charge in [0, 0.05) is 57.1 Å². The van der Waals surface area contributed by atoms with Gasteiger partial charge in [0.05, 0.1) is 5.92 Å². The van der Waals surface area contributed by atoms with Crippen molar-refractivity contribution in [2.75, 3.05) is 55.6 Å². The predicted molar refractivity (Wildman–Crippen MR) is 141 cm³/mol. The first-order chi connectivity index (χ1) is 17.1. The highest BCUT2D eigenvalue weighted by Crippen LogP contribution is 2.30. The highest BCUT2D eigenvalue weighted by Gasteiger charge is 2.35. The van der Waals surface area contributed by atoms with Crippen LogP contribution in [0, 0.1) is 12.8 Å². The Morgan fingerprint density at radius 1 is 0.971 bits per heavy atom. The van der Waals surface area contributed by atoms with Crippen molar-refractivity contribution in [3.05, 3.63) is 59.2 Å². The van der Waals surface area contributed by atoms with Gasteiger partial charge in [-0.3, -0.25) is 14.5 Å². The molecule has 1 unspecified atom stereocenters. The Balaban J connectivity index is 0.993. The van der Waals surface area contributed by atoms with Crippen LogP contribution in [0.25, 0.3) is 0 Å². The van der Waals surface area contributed by atoms with Crippen LogP contribution in [-0.4, -0.2) is 62.5 Å². The summed E-state index contributed by atoms with van der Waals surface area (Å²) in [4.78, 5) is 32.1. The minimum absolute atomic E-state index is 0.0220. The molecule has 2 aromatic rings. The molecule has 0 bridgehead atoms. The third-order valence-corrected chi connectivity index (χ3v) is 7.83. The van der Waals surface area contributed by atoms with Crippen LogP contribution in [0.5, 0.6) is 0 Å². The molecule has 2 aliphatic heterocycles. The third kappa shape index (κ3) is 5.69. The lowest BCUT2D eigenvalue weighted by molar-refractivity contribution is -0.126. The van der Waals surface area contributed by atoms with Crippen LogP contribution in [0.2, 0.25) is 0 Å². The molecular formula is C29H38N4O2. The number of piperazine rings is 1. The van der Waals surface area contributed by atoms with Crippen molar-refractivity contribution in [3.63, 3.8) is 0 Å². The van der Waals surface area contributed by atoms with Gasteiger partial charge in [-0.05, 0) is 86.5 Å². The van der Waals surface area contributed by atoms with Gasteiger partial charge in [-0.25, -0.2) is 0 Å². The zero-order valence-electron chi connectivity index (χ0n) is 21.0. The molecule has 5 rings (SSSR count). The summed E-state index contributed by atoms with van der Waals surface area (Å²) in [6, 6.07) is 15.1. The number of nitrogens with one attached hydrogen (secondary N) is 1. The first kappa shape index (κ1) is 23.9. The van der Waals surface area contributed by atoms with E-state index in [1.165, 1.54) is 28.8 Å². The van der Waals surface area contributed by atoms with E-state index in [0.717, 1.165) is 64.1 Å². The number of benzene rings is 2. The Labute approximate surface area is 209 Å². The molecule has 2 aromatic carbocycles. The van der Waals surface area contributed by atoms with E-state index >= 15 is 0 Å². The molecule has 2 heterocycles. The second-order valence-corrected chi connectivity index (χ2v) is 10.4. The topological polar surface area (TPSA) is 55.9 Å². The van der Waals surface area contributed by atoms with Crippen molar-refractivity contribution in [1.82, 2.24) is 10.2 Å². The number of unbranched alkanes of at least 4 members (excludes halogenated alkanes) is 1. The van der Waals surface area contributed by atoms with E-state index in [-0.39, 0.29) is 17.7 Å². The average Bonchev–Trinajstić information content (AvgIpc) is 3.50. The maximum absolute atomic E-state index is 12.7. The number of hydrogen-bond acceptors (Lipinski definition) is 4. The Hall–Kier alpha value is -2.86. The van der Waals surface area contributed by atoms with E-state index in [2.05, 4.69) is 58.4 Å². The molecule has 0 radical (unpaired) electrons. The number of fused-ring (bicyclic) bond motifs is 1. The van der Waals surface area contributed by atoms with Crippen LogP contribution in [0.1, 0.15) is 42.4 Å². The maximum Gasteiger partial charge on any atom is 0.227 e. The number of nitrogens with zero attached hydrogens (tertiary/aromatic N) is 3. The normalized spacial score (nSPS) is 20.4. The number of anilines is 2. The molecule has 2 amide bonds. The molecule has 3 aliphatic rings. The number of amides is 2. The van der Waals surface area contributed by atoms with Crippen LogP contribution in [0.15, 0.2) is 42.5 Å².